The number of nitrogens with zero attached hydrogens (tertiary/aromatic N) is 2. The van der Waals surface area contributed by atoms with Gasteiger partial charge in [-0.15, -0.1) is 0 Å². The molecule has 3 amide bonds. The van der Waals surface area contributed by atoms with Gasteiger partial charge in [-0.3, -0.25) is 14.4 Å². The van der Waals surface area contributed by atoms with Gasteiger partial charge in [-0.2, -0.15) is 0 Å². The first-order valence-electron chi connectivity index (χ1n) is 12.7. The highest BCUT2D eigenvalue weighted by Gasteiger charge is 2.31. The van der Waals surface area contributed by atoms with E-state index in [0.29, 0.717) is 45.1 Å². The highest BCUT2D eigenvalue weighted by molar-refractivity contribution is 5.90. The Morgan fingerprint density at radius 3 is 2.25 bits per heavy atom. The molecule has 3 aliphatic rings. The molecule has 8 nitrogen and oxygen atoms in total. The van der Waals surface area contributed by atoms with Crippen molar-refractivity contribution in [1.29, 1.82) is 0 Å². The lowest BCUT2D eigenvalue weighted by molar-refractivity contribution is -0.140. The van der Waals surface area contributed by atoms with Gasteiger partial charge in [0, 0.05) is 32.0 Å². The summed E-state index contributed by atoms with van der Waals surface area (Å²) in [6, 6.07) is -0.684. The molecule has 2 saturated heterocycles. The third-order valence-electron chi connectivity index (χ3n) is 7.34. The number of ether oxygens (including phenoxy) is 1. The number of likely N-dealkylation sites (tertiary alicyclic amines) is 1. The van der Waals surface area contributed by atoms with Gasteiger partial charge in [0.2, 0.25) is 17.7 Å². The van der Waals surface area contributed by atoms with E-state index in [1.54, 1.807) is 4.90 Å². The Hall–Kier alpha value is -1.67. The van der Waals surface area contributed by atoms with Crippen LogP contribution in [0.3, 0.4) is 0 Å². The first-order chi connectivity index (χ1) is 15.5. The van der Waals surface area contributed by atoms with Crippen LogP contribution in [-0.2, 0) is 19.1 Å². The van der Waals surface area contributed by atoms with Gasteiger partial charge < -0.3 is 25.6 Å². The van der Waals surface area contributed by atoms with E-state index in [2.05, 4.69) is 10.2 Å². The number of primary amides is 1. The molecule has 8 heteroatoms. The van der Waals surface area contributed by atoms with Crippen LogP contribution in [0.1, 0.15) is 70.6 Å². The van der Waals surface area contributed by atoms with Crippen molar-refractivity contribution in [2.75, 3.05) is 45.9 Å². The number of amides is 3. The Bertz CT molecular complexity index is 611. The topological polar surface area (TPSA) is 105 Å². The van der Waals surface area contributed by atoms with Gasteiger partial charge in [0.05, 0.1) is 13.2 Å². The normalized spacial score (nSPS) is 22.8. The van der Waals surface area contributed by atoms with E-state index in [1.807, 2.05) is 0 Å². The van der Waals surface area contributed by atoms with Crippen LogP contribution in [-0.4, -0.2) is 79.5 Å². The molecule has 182 valence electrons. The van der Waals surface area contributed by atoms with Crippen LogP contribution in [0.4, 0.5) is 0 Å². The van der Waals surface area contributed by atoms with Crippen molar-refractivity contribution >= 4 is 17.7 Å². The van der Waals surface area contributed by atoms with Crippen LogP contribution >= 0.6 is 0 Å². The number of hydrogen-bond donors (Lipinski definition) is 2. The molecule has 3 fully saturated rings. The number of carbonyl (C=O) groups excluding carboxylic acids is 3. The predicted octanol–water partition coefficient (Wildman–Crippen LogP) is 1.67. The van der Waals surface area contributed by atoms with Gasteiger partial charge in [-0.05, 0) is 44.7 Å². The van der Waals surface area contributed by atoms with Crippen LogP contribution in [0.25, 0.3) is 0 Å². The molecular weight excluding hydrogens is 408 g/mol. The predicted molar refractivity (Wildman–Crippen MR) is 123 cm³/mol. The number of hydrogen-bond acceptors (Lipinski definition) is 5. The molecule has 1 aliphatic carbocycles. The van der Waals surface area contributed by atoms with Crippen LogP contribution in [0.15, 0.2) is 0 Å². The molecule has 0 aromatic carbocycles. The summed E-state index contributed by atoms with van der Waals surface area (Å²) in [7, 11) is 0. The second-order valence-corrected chi connectivity index (χ2v) is 9.79. The summed E-state index contributed by atoms with van der Waals surface area (Å²) in [5, 5.41) is 2.92. The minimum Gasteiger partial charge on any atom is -0.378 e. The van der Waals surface area contributed by atoms with E-state index < -0.39 is 17.9 Å². The third-order valence-corrected chi connectivity index (χ3v) is 7.34. The van der Waals surface area contributed by atoms with Gasteiger partial charge in [0.15, 0.2) is 0 Å². The molecule has 0 spiro atoms. The Balaban J connectivity index is 1.58. The molecule has 3 rings (SSSR count). The number of carbonyl (C=O) groups is 3. The summed E-state index contributed by atoms with van der Waals surface area (Å²) in [5.74, 6) is -0.623. The first kappa shape index (κ1) is 25.0. The van der Waals surface area contributed by atoms with Crippen molar-refractivity contribution in [3.05, 3.63) is 0 Å². The average molecular weight is 451 g/mol. The van der Waals surface area contributed by atoms with Crippen molar-refractivity contribution in [2.45, 2.75) is 76.7 Å². The van der Waals surface area contributed by atoms with Gasteiger partial charge in [0.25, 0.3) is 0 Å². The zero-order chi connectivity index (χ0) is 22.8. The maximum atomic E-state index is 13.3. The van der Waals surface area contributed by atoms with Gasteiger partial charge in [-0.25, -0.2) is 0 Å². The Kier molecular flexibility index (Phi) is 10.2. The van der Waals surface area contributed by atoms with Gasteiger partial charge in [-0.1, -0.05) is 38.5 Å². The van der Waals surface area contributed by atoms with E-state index >= 15 is 0 Å². The van der Waals surface area contributed by atoms with Crippen molar-refractivity contribution in [1.82, 2.24) is 15.1 Å². The second kappa shape index (κ2) is 13.1. The maximum Gasteiger partial charge on any atom is 0.240 e. The van der Waals surface area contributed by atoms with Crippen molar-refractivity contribution < 1.29 is 19.1 Å². The largest absolute Gasteiger partial charge is 0.378 e. The van der Waals surface area contributed by atoms with Gasteiger partial charge in [0.1, 0.15) is 6.04 Å². The van der Waals surface area contributed by atoms with E-state index in [-0.39, 0.29) is 18.2 Å². The molecule has 2 unspecified atom stereocenters. The first-order valence-corrected chi connectivity index (χ1v) is 12.7. The second-order valence-electron chi connectivity index (χ2n) is 9.79. The van der Waals surface area contributed by atoms with Crippen molar-refractivity contribution in [3.8, 4) is 0 Å². The van der Waals surface area contributed by atoms with Crippen molar-refractivity contribution in [3.63, 3.8) is 0 Å². The molecule has 3 N–H and O–H groups in total. The Labute approximate surface area is 192 Å². The summed E-state index contributed by atoms with van der Waals surface area (Å²) in [6.45, 7) is 5.09. The third kappa shape index (κ3) is 8.03. The van der Waals surface area contributed by atoms with Gasteiger partial charge >= 0.3 is 0 Å². The van der Waals surface area contributed by atoms with E-state index in [4.69, 9.17) is 10.5 Å². The highest BCUT2D eigenvalue weighted by atomic mass is 16.5. The summed E-state index contributed by atoms with van der Waals surface area (Å²) in [4.78, 5) is 42.4. The van der Waals surface area contributed by atoms with E-state index in [0.717, 1.165) is 32.5 Å². The quantitative estimate of drug-likeness (QED) is 0.527. The summed E-state index contributed by atoms with van der Waals surface area (Å²) < 4.78 is 5.35. The minimum absolute atomic E-state index is 0.00759. The molecular formula is C24H42N4O4. The summed E-state index contributed by atoms with van der Waals surface area (Å²) in [6.07, 6.45) is 10.9. The molecule has 0 bridgehead atoms. The minimum atomic E-state index is -0.684. The van der Waals surface area contributed by atoms with Crippen LogP contribution in [0.2, 0.25) is 0 Å². The number of nitrogens with one attached hydrogen (secondary N) is 1. The van der Waals surface area contributed by atoms with Crippen molar-refractivity contribution in [2.24, 2.45) is 17.6 Å². The summed E-state index contributed by atoms with van der Waals surface area (Å²) in [5.41, 5.74) is 5.64. The lowest BCUT2D eigenvalue weighted by Crippen LogP contribution is -2.49. The maximum absolute atomic E-state index is 13.3. The summed E-state index contributed by atoms with van der Waals surface area (Å²) >= 11 is 0. The monoisotopic (exact) mass is 450 g/mol. The molecule has 0 radical (unpaired) electrons. The smallest absolute Gasteiger partial charge is 0.240 e. The number of rotatable bonds is 10. The van der Waals surface area contributed by atoms with Crippen LogP contribution < -0.4 is 11.1 Å². The van der Waals surface area contributed by atoms with Crippen LogP contribution in [0.5, 0.6) is 0 Å². The zero-order valence-electron chi connectivity index (χ0n) is 19.6. The number of nitrogens with two attached hydrogens (primary N) is 1. The SMILES string of the molecule is NC(=O)C(CCN1CCCCC1)NC(=O)C(CC(=O)N1CCOCC1)CC1CCCCC1. The molecule has 2 atom stereocenters. The lowest BCUT2D eigenvalue weighted by atomic mass is 9.81. The molecule has 1 saturated carbocycles. The lowest BCUT2D eigenvalue weighted by Gasteiger charge is -2.31. The van der Waals surface area contributed by atoms with E-state index in [1.165, 1.54) is 38.5 Å². The number of morpholine rings is 1. The molecule has 32 heavy (non-hydrogen) atoms. The fourth-order valence-electron chi connectivity index (χ4n) is 5.33. The Morgan fingerprint density at radius 2 is 1.59 bits per heavy atom. The molecule has 0 aromatic rings. The van der Waals surface area contributed by atoms with E-state index in [9.17, 15) is 14.4 Å². The fraction of sp³-hybridized carbons (Fsp3) is 0.875. The molecule has 0 aromatic heterocycles. The number of piperidine rings is 1. The Morgan fingerprint density at radius 1 is 0.938 bits per heavy atom. The fourth-order valence-corrected chi connectivity index (χ4v) is 5.33. The molecule has 2 aliphatic heterocycles. The highest BCUT2D eigenvalue weighted by Crippen LogP contribution is 2.30. The standard InChI is InChI=1S/C24H42N4O4/c25-23(30)21(9-12-27-10-5-2-6-11-27)26-24(31)20(17-19-7-3-1-4-8-19)18-22(29)28-13-15-32-16-14-28/h19-21H,1-18H2,(H2,25,30)(H,26,31). The zero-order valence-corrected chi connectivity index (χ0v) is 19.6. The average Bonchev–Trinajstić information content (AvgIpc) is 2.82. The molecule has 2 heterocycles. The van der Waals surface area contributed by atoms with Crippen LogP contribution in [0, 0.1) is 11.8 Å².